The number of rotatable bonds is 6. The fraction of sp³-hybridized carbons (Fsp3) is 0.625. The Hall–Kier alpha value is -1.42. The maximum absolute atomic E-state index is 11.9. The minimum Gasteiger partial charge on any atom is -0.355 e. The molecule has 2 rings (SSSR count). The highest BCUT2D eigenvalue weighted by molar-refractivity contribution is 5.78. The van der Waals surface area contributed by atoms with Crippen molar-refractivity contribution < 1.29 is 4.79 Å². The van der Waals surface area contributed by atoms with Crippen molar-refractivity contribution in [3.8, 4) is 0 Å². The smallest absolute Gasteiger partial charge is 0.224 e. The predicted molar refractivity (Wildman–Crippen MR) is 80.5 cm³/mol. The molecule has 0 bridgehead atoms. The molecular formula is C16H25N3O. The molecule has 1 aromatic rings. The number of amides is 1. The molecule has 0 saturated carbocycles. The molecule has 1 N–H and O–H groups in total. The average molecular weight is 275 g/mol. The van der Waals surface area contributed by atoms with Gasteiger partial charge in [0.2, 0.25) is 5.91 Å². The lowest BCUT2D eigenvalue weighted by molar-refractivity contribution is -0.120. The van der Waals surface area contributed by atoms with Crippen LogP contribution in [0.2, 0.25) is 0 Å². The highest BCUT2D eigenvalue weighted by atomic mass is 16.1. The molecule has 0 radical (unpaired) electrons. The van der Waals surface area contributed by atoms with Gasteiger partial charge in [-0.1, -0.05) is 13.0 Å². The van der Waals surface area contributed by atoms with Crippen LogP contribution in [0.5, 0.6) is 0 Å². The lowest BCUT2D eigenvalue weighted by Gasteiger charge is -2.20. The summed E-state index contributed by atoms with van der Waals surface area (Å²) in [6.07, 6.45) is 4.84. The van der Waals surface area contributed by atoms with Gasteiger partial charge in [0.15, 0.2) is 0 Å². The second-order valence-corrected chi connectivity index (χ2v) is 5.90. The third kappa shape index (κ3) is 4.93. The summed E-state index contributed by atoms with van der Waals surface area (Å²) in [5, 5.41) is 3.03. The Morgan fingerprint density at radius 2 is 2.15 bits per heavy atom. The molecule has 20 heavy (non-hydrogen) atoms. The summed E-state index contributed by atoms with van der Waals surface area (Å²) < 4.78 is 0. The van der Waals surface area contributed by atoms with Gasteiger partial charge in [0.05, 0.1) is 6.42 Å². The zero-order chi connectivity index (χ0) is 14.4. The van der Waals surface area contributed by atoms with Gasteiger partial charge in [-0.15, -0.1) is 0 Å². The van der Waals surface area contributed by atoms with Crippen LogP contribution < -0.4 is 5.32 Å². The molecule has 4 heteroatoms. The topological polar surface area (TPSA) is 45.2 Å². The number of hydrogen-bond acceptors (Lipinski definition) is 3. The molecule has 1 aliphatic rings. The summed E-state index contributed by atoms with van der Waals surface area (Å²) in [6, 6.07) is 3.91. The Balaban J connectivity index is 1.67. The van der Waals surface area contributed by atoms with Gasteiger partial charge in [0.1, 0.15) is 0 Å². The van der Waals surface area contributed by atoms with Crippen molar-refractivity contribution in [3.05, 3.63) is 29.6 Å². The van der Waals surface area contributed by atoms with Crippen LogP contribution in [0.3, 0.4) is 0 Å². The molecular weight excluding hydrogens is 250 g/mol. The molecule has 0 spiro atoms. The summed E-state index contributed by atoms with van der Waals surface area (Å²) >= 11 is 0. The lowest BCUT2D eigenvalue weighted by Crippen LogP contribution is -2.35. The van der Waals surface area contributed by atoms with Gasteiger partial charge in [-0.25, -0.2) is 0 Å². The summed E-state index contributed by atoms with van der Waals surface area (Å²) in [5.41, 5.74) is 1.95. The maximum atomic E-state index is 11.9. The zero-order valence-electron chi connectivity index (χ0n) is 12.6. The van der Waals surface area contributed by atoms with Crippen molar-refractivity contribution in [1.82, 2.24) is 15.2 Å². The Labute approximate surface area is 121 Å². The van der Waals surface area contributed by atoms with E-state index in [9.17, 15) is 4.79 Å². The lowest BCUT2D eigenvalue weighted by atomic mass is 10.1. The maximum Gasteiger partial charge on any atom is 0.224 e. The second kappa shape index (κ2) is 7.39. The largest absolute Gasteiger partial charge is 0.355 e. The highest BCUT2D eigenvalue weighted by Gasteiger charge is 2.15. The Kier molecular flexibility index (Phi) is 5.53. The van der Waals surface area contributed by atoms with Crippen molar-refractivity contribution in [2.45, 2.75) is 33.1 Å². The van der Waals surface area contributed by atoms with Gasteiger partial charge in [0.25, 0.3) is 0 Å². The average Bonchev–Trinajstić information content (AvgIpc) is 2.92. The van der Waals surface area contributed by atoms with Crippen LogP contribution in [0, 0.1) is 12.8 Å². The number of likely N-dealkylation sites (tertiary alicyclic amines) is 1. The van der Waals surface area contributed by atoms with Crippen molar-refractivity contribution in [3.63, 3.8) is 0 Å². The van der Waals surface area contributed by atoms with Crippen LogP contribution in [0.1, 0.15) is 31.0 Å². The van der Waals surface area contributed by atoms with E-state index in [1.165, 1.54) is 25.9 Å². The van der Waals surface area contributed by atoms with Crippen molar-refractivity contribution in [2.75, 3.05) is 26.2 Å². The van der Waals surface area contributed by atoms with Crippen LogP contribution in [0.25, 0.3) is 0 Å². The molecule has 4 nitrogen and oxygen atoms in total. The zero-order valence-corrected chi connectivity index (χ0v) is 12.6. The van der Waals surface area contributed by atoms with E-state index in [-0.39, 0.29) is 5.91 Å². The molecule has 1 atom stereocenters. The SMILES string of the molecule is Cc1ccc(CC(=O)NCC(C)CN2CCCC2)cn1. The normalized spacial score (nSPS) is 17.1. The van der Waals surface area contributed by atoms with E-state index in [4.69, 9.17) is 0 Å². The molecule has 1 aromatic heterocycles. The third-order valence-electron chi connectivity index (χ3n) is 3.75. The third-order valence-corrected chi connectivity index (χ3v) is 3.75. The van der Waals surface area contributed by atoms with E-state index in [0.717, 1.165) is 24.3 Å². The first-order chi connectivity index (χ1) is 9.63. The fourth-order valence-corrected chi connectivity index (χ4v) is 2.61. The van der Waals surface area contributed by atoms with Crippen molar-refractivity contribution >= 4 is 5.91 Å². The summed E-state index contributed by atoms with van der Waals surface area (Å²) in [7, 11) is 0. The van der Waals surface area contributed by atoms with Gasteiger partial charge in [-0.2, -0.15) is 0 Å². The fourth-order valence-electron chi connectivity index (χ4n) is 2.61. The first kappa shape index (κ1) is 15.0. The molecule has 0 aliphatic carbocycles. The van der Waals surface area contributed by atoms with Gasteiger partial charge >= 0.3 is 0 Å². The standard InChI is InChI=1S/C16H25N3O/c1-13(12-19-7-3-4-8-19)10-18-16(20)9-15-6-5-14(2)17-11-15/h5-6,11,13H,3-4,7-10,12H2,1-2H3,(H,18,20). The summed E-state index contributed by atoms with van der Waals surface area (Å²) in [6.45, 7) is 8.43. The number of carbonyl (C=O) groups excluding carboxylic acids is 1. The Morgan fingerprint density at radius 3 is 2.80 bits per heavy atom. The van der Waals surface area contributed by atoms with Crippen molar-refractivity contribution in [1.29, 1.82) is 0 Å². The highest BCUT2D eigenvalue weighted by Crippen LogP contribution is 2.09. The van der Waals surface area contributed by atoms with Crippen LogP contribution in [0.4, 0.5) is 0 Å². The number of hydrogen-bond donors (Lipinski definition) is 1. The minimum absolute atomic E-state index is 0.0870. The number of aromatic nitrogens is 1. The molecule has 1 amide bonds. The first-order valence-electron chi connectivity index (χ1n) is 7.54. The Bertz CT molecular complexity index is 424. The number of pyridine rings is 1. The van der Waals surface area contributed by atoms with Crippen molar-refractivity contribution in [2.24, 2.45) is 5.92 Å². The van der Waals surface area contributed by atoms with E-state index in [0.29, 0.717) is 12.3 Å². The van der Waals surface area contributed by atoms with Gasteiger partial charge in [0, 0.05) is 25.0 Å². The molecule has 110 valence electrons. The number of carbonyl (C=O) groups is 1. The van der Waals surface area contributed by atoms with Gasteiger partial charge in [-0.3, -0.25) is 9.78 Å². The number of nitrogens with zero attached hydrogens (tertiary/aromatic N) is 2. The minimum atomic E-state index is 0.0870. The second-order valence-electron chi connectivity index (χ2n) is 5.90. The molecule has 1 fully saturated rings. The molecule has 1 saturated heterocycles. The molecule has 1 aliphatic heterocycles. The summed E-state index contributed by atoms with van der Waals surface area (Å²) in [4.78, 5) is 18.6. The quantitative estimate of drug-likeness (QED) is 0.861. The van der Waals surface area contributed by atoms with E-state index < -0.39 is 0 Å². The van der Waals surface area contributed by atoms with E-state index in [1.54, 1.807) is 6.20 Å². The molecule has 2 heterocycles. The first-order valence-corrected chi connectivity index (χ1v) is 7.54. The predicted octanol–water partition coefficient (Wildman–Crippen LogP) is 1.78. The van der Waals surface area contributed by atoms with Crippen LogP contribution >= 0.6 is 0 Å². The monoisotopic (exact) mass is 275 g/mol. The molecule has 0 aromatic carbocycles. The van der Waals surface area contributed by atoms with E-state index >= 15 is 0 Å². The van der Waals surface area contributed by atoms with E-state index in [1.807, 2.05) is 19.1 Å². The Morgan fingerprint density at radius 1 is 1.40 bits per heavy atom. The van der Waals surface area contributed by atoms with Crippen LogP contribution in [-0.4, -0.2) is 42.0 Å². The summed E-state index contributed by atoms with van der Waals surface area (Å²) in [5.74, 6) is 0.595. The van der Waals surface area contributed by atoms with E-state index in [2.05, 4.69) is 22.1 Å². The molecule has 1 unspecified atom stereocenters. The number of aryl methyl sites for hydroxylation is 1. The van der Waals surface area contributed by atoms with Crippen LogP contribution in [-0.2, 0) is 11.2 Å². The number of nitrogens with one attached hydrogen (secondary N) is 1. The van der Waals surface area contributed by atoms with Crippen LogP contribution in [0.15, 0.2) is 18.3 Å². The van der Waals surface area contributed by atoms with Gasteiger partial charge < -0.3 is 10.2 Å². The van der Waals surface area contributed by atoms with Gasteiger partial charge in [-0.05, 0) is 50.4 Å².